The van der Waals surface area contributed by atoms with E-state index in [1.807, 2.05) is 0 Å². The number of benzene rings is 2. The van der Waals surface area contributed by atoms with E-state index >= 15 is 0 Å². The minimum absolute atomic E-state index is 0.887. The molecule has 2 aromatic rings. The van der Waals surface area contributed by atoms with E-state index in [2.05, 4.69) is 69.4 Å². The summed E-state index contributed by atoms with van der Waals surface area (Å²) in [4.78, 5) is 0. The maximum Gasteiger partial charge on any atom is 0.0403 e. The molecule has 2 aromatic carbocycles. The minimum Gasteiger partial charge on any atom is -0.381 e. The fourth-order valence-electron chi connectivity index (χ4n) is 2.17. The van der Waals surface area contributed by atoms with E-state index in [0.717, 1.165) is 6.54 Å². The van der Waals surface area contributed by atoms with Crippen LogP contribution in [0.15, 0.2) is 36.4 Å². The van der Waals surface area contributed by atoms with Crippen molar-refractivity contribution in [1.82, 2.24) is 0 Å². The lowest BCUT2D eigenvalue weighted by atomic mass is 10.0. The van der Waals surface area contributed by atoms with Crippen LogP contribution in [0.4, 0.5) is 5.69 Å². The normalized spacial score (nSPS) is 10.4. The molecule has 94 valence electrons. The van der Waals surface area contributed by atoms with E-state index in [-0.39, 0.29) is 0 Å². The van der Waals surface area contributed by atoms with Gasteiger partial charge >= 0.3 is 0 Å². The van der Waals surface area contributed by atoms with Gasteiger partial charge in [-0.25, -0.2) is 0 Å². The third-order valence-electron chi connectivity index (χ3n) is 3.57. The SMILES string of the molecule is Cc1cc(C)c(CNc2ccccc2C)cc1C. The van der Waals surface area contributed by atoms with Gasteiger partial charge < -0.3 is 5.32 Å². The Morgan fingerprint density at radius 2 is 1.44 bits per heavy atom. The smallest absolute Gasteiger partial charge is 0.0403 e. The van der Waals surface area contributed by atoms with Gasteiger partial charge in [-0.15, -0.1) is 0 Å². The van der Waals surface area contributed by atoms with Gasteiger partial charge in [-0.3, -0.25) is 0 Å². The Labute approximate surface area is 110 Å². The number of rotatable bonds is 3. The summed E-state index contributed by atoms with van der Waals surface area (Å²) in [5.41, 5.74) is 7.98. The summed E-state index contributed by atoms with van der Waals surface area (Å²) in [7, 11) is 0. The predicted molar refractivity (Wildman–Crippen MR) is 79.2 cm³/mol. The highest BCUT2D eigenvalue weighted by molar-refractivity contribution is 5.51. The molecule has 1 N–H and O–H groups in total. The predicted octanol–water partition coefficient (Wildman–Crippen LogP) is 4.53. The standard InChI is InChI=1S/C17H21N/c1-12-7-5-6-8-17(12)18-11-16-10-14(3)13(2)9-15(16)4/h5-10,18H,11H2,1-4H3. The van der Waals surface area contributed by atoms with Crippen LogP contribution in [0.5, 0.6) is 0 Å². The lowest BCUT2D eigenvalue weighted by Gasteiger charge is -2.13. The quantitative estimate of drug-likeness (QED) is 0.829. The molecule has 0 aliphatic rings. The van der Waals surface area contributed by atoms with Gasteiger partial charge in [0.2, 0.25) is 0 Å². The van der Waals surface area contributed by atoms with Crippen molar-refractivity contribution in [1.29, 1.82) is 0 Å². The molecule has 0 fully saturated rings. The first-order valence-electron chi connectivity index (χ1n) is 6.44. The number of nitrogens with one attached hydrogen (secondary N) is 1. The average molecular weight is 239 g/mol. The summed E-state index contributed by atoms with van der Waals surface area (Å²) in [5, 5.41) is 3.52. The molecule has 0 atom stereocenters. The molecule has 0 amide bonds. The Morgan fingerprint density at radius 3 is 2.17 bits per heavy atom. The average Bonchev–Trinajstić information content (AvgIpc) is 2.34. The molecule has 2 rings (SSSR count). The molecule has 1 nitrogen and oxygen atoms in total. The van der Waals surface area contributed by atoms with Gasteiger partial charge in [-0.05, 0) is 61.6 Å². The van der Waals surface area contributed by atoms with Crippen LogP contribution >= 0.6 is 0 Å². The first-order chi connectivity index (χ1) is 8.58. The Balaban J connectivity index is 2.16. The van der Waals surface area contributed by atoms with Crippen LogP contribution < -0.4 is 5.32 Å². The van der Waals surface area contributed by atoms with E-state index in [9.17, 15) is 0 Å². The Hall–Kier alpha value is -1.76. The van der Waals surface area contributed by atoms with Crippen LogP contribution in [0.1, 0.15) is 27.8 Å². The summed E-state index contributed by atoms with van der Waals surface area (Å²) in [6, 6.07) is 13.0. The zero-order chi connectivity index (χ0) is 13.1. The fraction of sp³-hybridized carbons (Fsp3) is 0.294. The monoisotopic (exact) mass is 239 g/mol. The number of hydrogen-bond donors (Lipinski definition) is 1. The maximum atomic E-state index is 3.52. The molecular formula is C17H21N. The topological polar surface area (TPSA) is 12.0 Å². The van der Waals surface area contributed by atoms with Crippen LogP contribution in [-0.2, 0) is 6.54 Å². The Morgan fingerprint density at radius 1 is 0.778 bits per heavy atom. The molecule has 0 heterocycles. The molecule has 0 saturated carbocycles. The van der Waals surface area contributed by atoms with Gasteiger partial charge in [0, 0.05) is 12.2 Å². The second-order valence-electron chi connectivity index (χ2n) is 5.03. The Kier molecular flexibility index (Phi) is 3.71. The van der Waals surface area contributed by atoms with Gasteiger partial charge in [0.05, 0.1) is 0 Å². The zero-order valence-corrected chi connectivity index (χ0v) is 11.7. The molecule has 1 heteroatoms. The van der Waals surface area contributed by atoms with Gasteiger partial charge in [0.15, 0.2) is 0 Å². The largest absolute Gasteiger partial charge is 0.381 e. The molecule has 0 bridgehead atoms. The summed E-state index contributed by atoms with van der Waals surface area (Å²) in [6.45, 7) is 9.54. The highest BCUT2D eigenvalue weighted by atomic mass is 14.9. The van der Waals surface area contributed by atoms with Gasteiger partial charge in [-0.2, -0.15) is 0 Å². The maximum absolute atomic E-state index is 3.52. The molecular weight excluding hydrogens is 218 g/mol. The zero-order valence-electron chi connectivity index (χ0n) is 11.7. The van der Waals surface area contributed by atoms with Gasteiger partial charge in [0.25, 0.3) is 0 Å². The highest BCUT2D eigenvalue weighted by Gasteiger charge is 2.02. The van der Waals surface area contributed by atoms with E-state index in [1.54, 1.807) is 0 Å². The lowest BCUT2D eigenvalue weighted by molar-refractivity contribution is 1.09. The minimum atomic E-state index is 0.887. The summed E-state index contributed by atoms with van der Waals surface area (Å²) in [5.74, 6) is 0. The van der Waals surface area contributed by atoms with E-state index in [4.69, 9.17) is 0 Å². The number of para-hydroxylation sites is 1. The van der Waals surface area contributed by atoms with E-state index in [0.29, 0.717) is 0 Å². The van der Waals surface area contributed by atoms with E-state index in [1.165, 1.54) is 33.5 Å². The second-order valence-corrected chi connectivity index (χ2v) is 5.03. The van der Waals surface area contributed by atoms with Crippen LogP contribution in [0, 0.1) is 27.7 Å². The van der Waals surface area contributed by atoms with E-state index < -0.39 is 0 Å². The lowest BCUT2D eigenvalue weighted by Crippen LogP contribution is -2.03. The molecule has 0 aromatic heterocycles. The number of hydrogen-bond acceptors (Lipinski definition) is 1. The summed E-state index contributed by atoms with van der Waals surface area (Å²) < 4.78 is 0. The molecule has 0 aliphatic heterocycles. The van der Waals surface area contributed by atoms with Crippen molar-refractivity contribution in [3.63, 3.8) is 0 Å². The van der Waals surface area contributed by atoms with Crippen molar-refractivity contribution in [2.45, 2.75) is 34.2 Å². The van der Waals surface area contributed by atoms with Crippen molar-refractivity contribution < 1.29 is 0 Å². The third-order valence-corrected chi connectivity index (χ3v) is 3.57. The van der Waals surface area contributed by atoms with Gasteiger partial charge in [0.1, 0.15) is 0 Å². The molecule has 0 spiro atoms. The number of anilines is 1. The van der Waals surface area contributed by atoms with Crippen molar-refractivity contribution >= 4 is 5.69 Å². The summed E-state index contributed by atoms with van der Waals surface area (Å²) in [6.07, 6.45) is 0. The molecule has 0 radical (unpaired) electrons. The summed E-state index contributed by atoms with van der Waals surface area (Å²) >= 11 is 0. The first kappa shape index (κ1) is 12.7. The fourth-order valence-corrected chi connectivity index (χ4v) is 2.17. The van der Waals surface area contributed by atoms with Crippen LogP contribution in [0.3, 0.4) is 0 Å². The van der Waals surface area contributed by atoms with Crippen LogP contribution in [0.25, 0.3) is 0 Å². The Bertz CT molecular complexity index is 556. The number of aryl methyl sites for hydroxylation is 4. The van der Waals surface area contributed by atoms with Crippen LogP contribution in [-0.4, -0.2) is 0 Å². The molecule has 0 unspecified atom stereocenters. The molecule has 0 saturated heterocycles. The molecule has 0 aliphatic carbocycles. The van der Waals surface area contributed by atoms with Gasteiger partial charge in [-0.1, -0.05) is 30.3 Å². The van der Waals surface area contributed by atoms with Crippen molar-refractivity contribution in [2.75, 3.05) is 5.32 Å². The first-order valence-corrected chi connectivity index (χ1v) is 6.44. The second kappa shape index (κ2) is 5.26. The van der Waals surface area contributed by atoms with Crippen molar-refractivity contribution in [2.24, 2.45) is 0 Å². The molecule has 18 heavy (non-hydrogen) atoms. The third kappa shape index (κ3) is 2.73. The van der Waals surface area contributed by atoms with Crippen LogP contribution in [0.2, 0.25) is 0 Å². The highest BCUT2D eigenvalue weighted by Crippen LogP contribution is 2.18. The van der Waals surface area contributed by atoms with Crippen molar-refractivity contribution in [3.8, 4) is 0 Å². The van der Waals surface area contributed by atoms with Crippen molar-refractivity contribution in [3.05, 3.63) is 64.2 Å².